The molecule has 122 valence electrons. The first-order chi connectivity index (χ1) is 12.2. The molecule has 0 unspecified atom stereocenters. The van der Waals surface area contributed by atoms with Gasteiger partial charge in [-0.3, -0.25) is 4.98 Å². The van der Waals surface area contributed by atoms with Crippen LogP contribution in [-0.4, -0.2) is 9.97 Å². The van der Waals surface area contributed by atoms with E-state index in [0.29, 0.717) is 16.3 Å². The molecular formula is C20H12ClFN2S. The molecule has 0 radical (unpaired) electrons. The van der Waals surface area contributed by atoms with Gasteiger partial charge >= 0.3 is 0 Å². The van der Waals surface area contributed by atoms with Crippen LogP contribution in [-0.2, 0) is 0 Å². The summed E-state index contributed by atoms with van der Waals surface area (Å²) in [4.78, 5) is 10.7. The van der Waals surface area contributed by atoms with Crippen molar-refractivity contribution in [1.29, 1.82) is 0 Å². The maximum Gasteiger partial charge on any atom is 0.132 e. The Balaban J connectivity index is 1.91. The molecule has 0 spiro atoms. The van der Waals surface area contributed by atoms with Gasteiger partial charge in [-0.05, 0) is 42.5 Å². The average Bonchev–Trinajstić information content (AvgIpc) is 2.64. The van der Waals surface area contributed by atoms with Crippen LogP contribution in [0.2, 0.25) is 5.02 Å². The van der Waals surface area contributed by atoms with Crippen molar-refractivity contribution < 1.29 is 4.39 Å². The first kappa shape index (κ1) is 16.1. The van der Waals surface area contributed by atoms with Crippen molar-refractivity contribution in [3.05, 3.63) is 83.9 Å². The van der Waals surface area contributed by atoms with E-state index in [2.05, 4.69) is 9.97 Å². The van der Waals surface area contributed by atoms with Gasteiger partial charge in [0.15, 0.2) is 0 Å². The second kappa shape index (κ2) is 6.82. The van der Waals surface area contributed by atoms with E-state index < -0.39 is 0 Å². The molecule has 0 fully saturated rings. The van der Waals surface area contributed by atoms with Crippen molar-refractivity contribution in [1.82, 2.24) is 9.97 Å². The SMILES string of the molecule is Fc1ccc(Cl)cc1-c1cc(Sc2ccncc2)c2ccccc2n1. The molecule has 0 atom stereocenters. The quantitative estimate of drug-likeness (QED) is 0.429. The molecule has 2 nitrogen and oxygen atoms in total. The zero-order valence-electron chi connectivity index (χ0n) is 13.0. The van der Waals surface area contributed by atoms with Gasteiger partial charge in [-0.25, -0.2) is 9.37 Å². The fourth-order valence-electron chi connectivity index (χ4n) is 2.59. The van der Waals surface area contributed by atoms with Gasteiger partial charge in [-0.2, -0.15) is 0 Å². The van der Waals surface area contributed by atoms with E-state index in [0.717, 1.165) is 20.7 Å². The Morgan fingerprint density at radius 3 is 2.56 bits per heavy atom. The standard InChI is InChI=1S/C20H12ClFN2S/c21-13-5-6-17(22)16(11-13)19-12-20(25-14-7-9-23-10-8-14)15-3-1-2-4-18(15)24-19/h1-12H. The number of pyridine rings is 2. The number of aromatic nitrogens is 2. The highest BCUT2D eigenvalue weighted by atomic mass is 35.5. The minimum atomic E-state index is -0.341. The highest BCUT2D eigenvalue weighted by Gasteiger charge is 2.12. The molecular weight excluding hydrogens is 355 g/mol. The molecule has 25 heavy (non-hydrogen) atoms. The van der Waals surface area contributed by atoms with Crippen LogP contribution in [0.25, 0.3) is 22.2 Å². The van der Waals surface area contributed by atoms with Crippen LogP contribution in [0.5, 0.6) is 0 Å². The summed E-state index contributed by atoms with van der Waals surface area (Å²) >= 11 is 7.65. The topological polar surface area (TPSA) is 25.8 Å². The molecule has 4 aromatic rings. The smallest absolute Gasteiger partial charge is 0.132 e. The summed E-state index contributed by atoms with van der Waals surface area (Å²) in [5, 5.41) is 1.50. The van der Waals surface area contributed by atoms with Crippen molar-refractivity contribution in [2.45, 2.75) is 9.79 Å². The van der Waals surface area contributed by atoms with E-state index in [9.17, 15) is 4.39 Å². The number of fused-ring (bicyclic) bond motifs is 1. The monoisotopic (exact) mass is 366 g/mol. The summed E-state index contributed by atoms with van der Waals surface area (Å²) < 4.78 is 14.3. The summed E-state index contributed by atoms with van der Waals surface area (Å²) in [6, 6.07) is 18.1. The molecule has 2 aromatic carbocycles. The van der Waals surface area contributed by atoms with Crippen LogP contribution >= 0.6 is 23.4 Å². The lowest BCUT2D eigenvalue weighted by Gasteiger charge is -2.10. The van der Waals surface area contributed by atoms with E-state index in [4.69, 9.17) is 11.6 Å². The molecule has 4 rings (SSSR count). The lowest BCUT2D eigenvalue weighted by molar-refractivity contribution is 0.631. The molecule has 0 saturated heterocycles. The largest absolute Gasteiger partial charge is 0.265 e. The minimum Gasteiger partial charge on any atom is -0.265 e. The number of hydrogen-bond acceptors (Lipinski definition) is 3. The number of para-hydroxylation sites is 1. The van der Waals surface area contributed by atoms with Crippen LogP contribution < -0.4 is 0 Å². The summed E-state index contributed by atoms with van der Waals surface area (Å²) in [7, 11) is 0. The molecule has 0 saturated carbocycles. The molecule has 0 amide bonds. The van der Waals surface area contributed by atoms with E-state index in [1.165, 1.54) is 12.1 Å². The van der Waals surface area contributed by atoms with Crippen LogP contribution in [0.15, 0.2) is 82.8 Å². The Hall–Kier alpha value is -2.43. The molecule has 2 aromatic heterocycles. The zero-order valence-corrected chi connectivity index (χ0v) is 14.6. The summed E-state index contributed by atoms with van der Waals surface area (Å²) in [5.74, 6) is -0.341. The molecule has 0 N–H and O–H groups in total. The first-order valence-corrected chi connectivity index (χ1v) is 8.83. The van der Waals surface area contributed by atoms with Crippen molar-refractivity contribution in [2.75, 3.05) is 0 Å². The number of halogens is 2. The number of benzene rings is 2. The lowest BCUT2D eigenvalue weighted by Crippen LogP contribution is -1.91. The average molecular weight is 367 g/mol. The highest BCUT2D eigenvalue weighted by molar-refractivity contribution is 7.99. The van der Waals surface area contributed by atoms with Crippen molar-refractivity contribution >= 4 is 34.3 Å². The fourth-order valence-corrected chi connectivity index (χ4v) is 3.73. The summed E-state index contributed by atoms with van der Waals surface area (Å²) in [6.45, 7) is 0. The molecule has 0 aliphatic carbocycles. The predicted octanol–water partition coefficient (Wildman–Crippen LogP) is 6.24. The van der Waals surface area contributed by atoms with Crippen molar-refractivity contribution in [2.24, 2.45) is 0 Å². The maximum atomic E-state index is 14.3. The third-order valence-corrected chi connectivity index (χ3v) is 5.06. The molecule has 0 bridgehead atoms. The Bertz CT molecular complexity index is 1050. The van der Waals surface area contributed by atoms with Gasteiger partial charge in [0.05, 0.1) is 11.2 Å². The van der Waals surface area contributed by atoms with Gasteiger partial charge in [0.2, 0.25) is 0 Å². The third kappa shape index (κ3) is 3.36. The van der Waals surface area contributed by atoms with E-state index in [1.54, 1.807) is 30.2 Å². The van der Waals surface area contributed by atoms with E-state index in [-0.39, 0.29) is 5.82 Å². The van der Waals surface area contributed by atoms with Crippen LogP contribution in [0.3, 0.4) is 0 Å². The minimum absolute atomic E-state index is 0.341. The zero-order chi connectivity index (χ0) is 17.2. The van der Waals surface area contributed by atoms with E-state index >= 15 is 0 Å². The Morgan fingerprint density at radius 2 is 1.72 bits per heavy atom. The normalized spacial score (nSPS) is 11.0. The third-order valence-electron chi connectivity index (χ3n) is 3.76. The fraction of sp³-hybridized carbons (Fsp3) is 0. The summed E-state index contributed by atoms with van der Waals surface area (Å²) in [5.41, 5.74) is 1.78. The predicted molar refractivity (Wildman–Crippen MR) is 101 cm³/mol. The van der Waals surface area contributed by atoms with Gasteiger partial charge in [-0.1, -0.05) is 41.6 Å². The number of rotatable bonds is 3. The number of nitrogens with zero attached hydrogens (tertiary/aromatic N) is 2. The first-order valence-electron chi connectivity index (χ1n) is 7.64. The van der Waals surface area contributed by atoms with E-state index in [1.807, 2.05) is 42.5 Å². The molecule has 0 aliphatic rings. The lowest BCUT2D eigenvalue weighted by atomic mass is 10.1. The Labute approximate surface area is 153 Å². The van der Waals surface area contributed by atoms with Crippen LogP contribution in [0, 0.1) is 5.82 Å². The second-order valence-electron chi connectivity index (χ2n) is 5.43. The summed E-state index contributed by atoms with van der Waals surface area (Å²) in [6.07, 6.45) is 3.51. The molecule has 5 heteroatoms. The van der Waals surface area contributed by atoms with Crippen molar-refractivity contribution in [3.8, 4) is 11.3 Å². The second-order valence-corrected chi connectivity index (χ2v) is 6.98. The highest BCUT2D eigenvalue weighted by Crippen LogP contribution is 2.36. The molecule has 0 aliphatic heterocycles. The number of hydrogen-bond donors (Lipinski definition) is 0. The molecule has 2 heterocycles. The van der Waals surface area contributed by atoms with Gasteiger partial charge in [0, 0.05) is 38.2 Å². The van der Waals surface area contributed by atoms with Gasteiger partial charge in [0.1, 0.15) is 5.82 Å². The van der Waals surface area contributed by atoms with Crippen molar-refractivity contribution in [3.63, 3.8) is 0 Å². The Morgan fingerprint density at radius 1 is 0.920 bits per heavy atom. The van der Waals surface area contributed by atoms with Gasteiger partial charge in [0.25, 0.3) is 0 Å². The van der Waals surface area contributed by atoms with Crippen LogP contribution in [0.1, 0.15) is 0 Å². The van der Waals surface area contributed by atoms with Gasteiger partial charge in [-0.15, -0.1) is 0 Å². The maximum absolute atomic E-state index is 14.3. The van der Waals surface area contributed by atoms with Gasteiger partial charge < -0.3 is 0 Å². The van der Waals surface area contributed by atoms with Crippen LogP contribution in [0.4, 0.5) is 4.39 Å². The Kier molecular flexibility index (Phi) is 4.38.